The number of carbonyl (C=O) groups excluding carboxylic acids is 2. The SMILES string of the molecule is O=C1CCCN1C(=O)c1ccc(CCl)cc1. The molecular weight excluding hydrogens is 226 g/mol. The lowest BCUT2D eigenvalue weighted by Gasteiger charge is -2.13. The van der Waals surface area contributed by atoms with Crippen LogP contribution in [0.1, 0.15) is 28.8 Å². The van der Waals surface area contributed by atoms with Crippen LogP contribution in [0.2, 0.25) is 0 Å². The molecule has 1 aromatic carbocycles. The van der Waals surface area contributed by atoms with Crippen molar-refractivity contribution in [1.29, 1.82) is 0 Å². The molecule has 4 heteroatoms. The Labute approximate surface area is 99.0 Å². The van der Waals surface area contributed by atoms with Crippen molar-refractivity contribution in [3.63, 3.8) is 0 Å². The van der Waals surface area contributed by atoms with Gasteiger partial charge >= 0.3 is 0 Å². The molecule has 1 heterocycles. The number of alkyl halides is 1. The number of rotatable bonds is 2. The number of imide groups is 1. The van der Waals surface area contributed by atoms with E-state index in [0.29, 0.717) is 24.4 Å². The predicted octanol–water partition coefficient (Wildman–Crippen LogP) is 2.19. The third-order valence-electron chi connectivity index (χ3n) is 2.67. The molecule has 0 radical (unpaired) electrons. The lowest BCUT2D eigenvalue weighted by atomic mass is 10.1. The molecule has 1 fully saturated rings. The van der Waals surface area contributed by atoms with E-state index in [1.54, 1.807) is 24.3 Å². The summed E-state index contributed by atoms with van der Waals surface area (Å²) >= 11 is 5.66. The first-order chi connectivity index (χ1) is 7.72. The predicted molar refractivity (Wildman–Crippen MR) is 61.3 cm³/mol. The van der Waals surface area contributed by atoms with Crippen molar-refractivity contribution < 1.29 is 9.59 Å². The Morgan fingerprint density at radius 1 is 1.31 bits per heavy atom. The molecule has 1 aliphatic rings. The van der Waals surface area contributed by atoms with E-state index in [1.165, 1.54) is 4.90 Å². The third kappa shape index (κ3) is 2.09. The Morgan fingerprint density at radius 3 is 2.50 bits per heavy atom. The number of likely N-dealkylation sites (tertiary alicyclic amines) is 1. The molecule has 1 aliphatic heterocycles. The van der Waals surface area contributed by atoms with E-state index < -0.39 is 0 Å². The molecule has 1 saturated heterocycles. The number of carbonyl (C=O) groups is 2. The molecule has 16 heavy (non-hydrogen) atoms. The summed E-state index contributed by atoms with van der Waals surface area (Å²) in [5.41, 5.74) is 1.51. The van der Waals surface area contributed by atoms with E-state index in [9.17, 15) is 9.59 Å². The molecule has 0 unspecified atom stereocenters. The minimum atomic E-state index is -0.205. The summed E-state index contributed by atoms with van der Waals surface area (Å²) in [7, 11) is 0. The summed E-state index contributed by atoms with van der Waals surface area (Å²) in [6.07, 6.45) is 1.25. The van der Waals surface area contributed by atoms with Crippen molar-refractivity contribution in [2.75, 3.05) is 6.54 Å². The molecule has 0 atom stereocenters. The summed E-state index contributed by atoms with van der Waals surface area (Å²) in [6.45, 7) is 0.537. The van der Waals surface area contributed by atoms with Crippen molar-refractivity contribution in [2.24, 2.45) is 0 Å². The molecular formula is C12H12ClNO2. The van der Waals surface area contributed by atoms with Crippen molar-refractivity contribution in [3.8, 4) is 0 Å². The molecule has 2 rings (SSSR count). The molecule has 0 bridgehead atoms. The van der Waals surface area contributed by atoms with Gasteiger partial charge in [0.2, 0.25) is 5.91 Å². The molecule has 0 aliphatic carbocycles. The summed E-state index contributed by atoms with van der Waals surface area (Å²) in [5, 5.41) is 0. The van der Waals surface area contributed by atoms with Gasteiger partial charge in [-0.2, -0.15) is 0 Å². The van der Waals surface area contributed by atoms with E-state index in [0.717, 1.165) is 12.0 Å². The summed E-state index contributed by atoms with van der Waals surface area (Å²) in [5.74, 6) is 0.145. The zero-order valence-electron chi connectivity index (χ0n) is 8.78. The van der Waals surface area contributed by atoms with Crippen LogP contribution in [0.3, 0.4) is 0 Å². The average Bonchev–Trinajstić information content (AvgIpc) is 2.75. The van der Waals surface area contributed by atoms with Gasteiger partial charge in [0.15, 0.2) is 0 Å². The highest BCUT2D eigenvalue weighted by molar-refractivity contribution is 6.17. The van der Waals surface area contributed by atoms with Crippen molar-refractivity contribution in [3.05, 3.63) is 35.4 Å². The molecule has 2 amide bonds. The van der Waals surface area contributed by atoms with Gasteiger partial charge in [0.05, 0.1) is 0 Å². The fourth-order valence-electron chi connectivity index (χ4n) is 1.76. The van der Waals surface area contributed by atoms with Crippen molar-refractivity contribution in [1.82, 2.24) is 4.90 Å². The van der Waals surface area contributed by atoms with E-state index in [4.69, 9.17) is 11.6 Å². The Hall–Kier alpha value is -1.35. The number of benzene rings is 1. The van der Waals surface area contributed by atoms with Crippen LogP contribution in [-0.2, 0) is 10.7 Å². The van der Waals surface area contributed by atoms with Crippen LogP contribution in [-0.4, -0.2) is 23.3 Å². The lowest BCUT2D eigenvalue weighted by Crippen LogP contribution is -2.31. The lowest BCUT2D eigenvalue weighted by molar-refractivity contribution is -0.125. The maximum atomic E-state index is 11.9. The van der Waals surface area contributed by atoms with Crippen LogP contribution < -0.4 is 0 Å². The largest absolute Gasteiger partial charge is 0.279 e. The second-order valence-corrected chi connectivity index (χ2v) is 4.05. The van der Waals surface area contributed by atoms with E-state index in [2.05, 4.69) is 0 Å². The van der Waals surface area contributed by atoms with Gasteiger partial charge in [0.25, 0.3) is 5.91 Å². The van der Waals surface area contributed by atoms with Gasteiger partial charge in [0.1, 0.15) is 0 Å². The maximum Gasteiger partial charge on any atom is 0.260 e. The Balaban J connectivity index is 2.17. The second kappa shape index (κ2) is 4.66. The molecule has 0 saturated carbocycles. The number of hydrogen-bond acceptors (Lipinski definition) is 2. The van der Waals surface area contributed by atoms with Gasteiger partial charge < -0.3 is 0 Å². The van der Waals surface area contributed by atoms with Crippen LogP contribution >= 0.6 is 11.6 Å². The molecule has 1 aromatic rings. The van der Waals surface area contributed by atoms with Gasteiger partial charge in [-0.05, 0) is 24.1 Å². The van der Waals surface area contributed by atoms with E-state index in [1.807, 2.05) is 0 Å². The third-order valence-corrected chi connectivity index (χ3v) is 2.98. The first-order valence-electron chi connectivity index (χ1n) is 5.22. The van der Waals surface area contributed by atoms with E-state index >= 15 is 0 Å². The number of amides is 2. The molecule has 3 nitrogen and oxygen atoms in total. The number of hydrogen-bond donors (Lipinski definition) is 0. The van der Waals surface area contributed by atoms with Gasteiger partial charge in [-0.25, -0.2) is 0 Å². The van der Waals surface area contributed by atoms with Crippen LogP contribution in [0, 0.1) is 0 Å². The van der Waals surface area contributed by atoms with Crippen LogP contribution in [0.15, 0.2) is 24.3 Å². The monoisotopic (exact) mass is 237 g/mol. The zero-order chi connectivity index (χ0) is 11.5. The van der Waals surface area contributed by atoms with Crippen molar-refractivity contribution >= 4 is 23.4 Å². The fraction of sp³-hybridized carbons (Fsp3) is 0.333. The quantitative estimate of drug-likeness (QED) is 0.584. The van der Waals surface area contributed by atoms with Crippen molar-refractivity contribution in [2.45, 2.75) is 18.7 Å². The van der Waals surface area contributed by atoms with Gasteiger partial charge in [-0.15, -0.1) is 11.6 Å². The fourth-order valence-corrected chi connectivity index (χ4v) is 1.93. The molecule has 0 N–H and O–H groups in total. The number of halogens is 1. The van der Waals surface area contributed by atoms with Gasteiger partial charge in [-0.3, -0.25) is 14.5 Å². The minimum Gasteiger partial charge on any atom is -0.279 e. The van der Waals surface area contributed by atoms with Crippen LogP contribution in [0.5, 0.6) is 0 Å². The first-order valence-corrected chi connectivity index (χ1v) is 5.75. The minimum absolute atomic E-state index is 0.0774. The van der Waals surface area contributed by atoms with Crippen LogP contribution in [0.4, 0.5) is 0 Å². The highest BCUT2D eigenvalue weighted by Crippen LogP contribution is 2.15. The highest BCUT2D eigenvalue weighted by Gasteiger charge is 2.26. The highest BCUT2D eigenvalue weighted by atomic mass is 35.5. The summed E-state index contributed by atoms with van der Waals surface area (Å²) < 4.78 is 0. The summed E-state index contributed by atoms with van der Waals surface area (Å²) in [4.78, 5) is 24.6. The van der Waals surface area contributed by atoms with E-state index in [-0.39, 0.29) is 11.8 Å². The standard InChI is InChI=1S/C12H12ClNO2/c13-8-9-3-5-10(6-4-9)12(16)14-7-1-2-11(14)15/h3-6H,1-2,7-8H2. The topological polar surface area (TPSA) is 37.4 Å². The zero-order valence-corrected chi connectivity index (χ0v) is 9.54. The smallest absolute Gasteiger partial charge is 0.260 e. The number of nitrogens with zero attached hydrogens (tertiary/aromatic N) is 1. The first kappa shape index (κ1) is 11.1. The normalized spacial score (nSPS) is 15.6. The van der Waals surface area contributed by atoms with Gasteiger partial charge in [0, 0.05) is 24.4 Å². The van der Waals surface area contributed by atoms with Gasteiger partial charge in [-0.1, -0.05) is 12.1 Å². The average molecular weight is 238 g/mol. The molecule has 0 aromatic heterocycles. The Kier molecular flexibility index (Phi) is 3.25. The Morgan fingerprint density at radius 2 is 2.00 bits per heavy atom. The Bertz CT molecular complexity index is 414. The molecule has 0 spiro atoms. The summed E-state index contributed by atoms with van der Waals surface area (Å²) in [6, 6.07) is 7.04. The van der Waals surface area contributed by atoms with Crippen LogP contribution in [0.25, 0.3) is 0 Å². The maximum absolute atomic E-state index is 11.9. The molecule has 84 valence electrons. The second-order valence-electron chi connectivity index (χ2n) is 3.78.